The van der Waals surface area contributed by atoms with Crippen molar-refractivity contribution in [1.82, 2.24) is 0 Å². The second-order valence-corrected chi connectivity index (χ2v) is 4.73. The molecule has 0 heterocycles. The minimum atomic E-state index is -0.464. The lowest BCUT2D eigenvalue weighted by Crippen LogP contribution is -1.98. The van der Waals surface area contributed by atoms with Crippen molar-refractivity contribution in [1.29, 1.82) is 0 Å². The summed E-state index contributed by atoms with van der Waals surface area (Å²) in [4.78, 5) is 9.95. The van der Waals surface area contributed by atoms with E-state index in [-0.39, 0.29) is 18.8 Å². The van der Waals surface area contributed by atoms with E-state index in [1.807, 2.05) is 25.1 Å². The first kappa shape index (κ1) is 20.2. The molecule has 126 valence electrons. The van der Waals surface area contributed by atoms with Crippen LogP contribution in [0.4, 0.5) is 22.7 Å². The number of para-hydroxylation sites is 2. The van der Waals surface area contributed by atoms with Crippen molar-refractivity contribution in [3.8, 4) is 0 Å². The van der Waals surface area contributed by atoms with Gasteiger partial charge in [0.2, 0.25) is 0 Å². The summed E-state index contributed by atoms with van der Waals surface area (Å²) in [6.45, 7) is 3.97. The molecule has 0 bridgehead atoms. The molecule has 6 heteroatoms. The van der Waals surface area contributed by atoms with Crippen molar-refractivity contribution in [2.45, 2.75) is 34.1 Å². The molecule has 0 spiro atoms. The molecule has 0 amide bonds. The number of hydrogen-bond donors (Lipinski definition) is 3. The van der Waals surface area contributed by atoms with E-state index in [9.17, 15) is 10.1 Å². The quantitative estimate of drug-likeness (QED) is 0.451. The highest BCUT2D eigenvalue weighted by atomic mass is 16.6. The van der Waals surface area contributed by atoms with Crippen LogP contribution in [0, 0.1) is 10.1 Å². The van der Waals surface area contributed by atoms with Crippen LogP contribution in [0.3, 0.4) is 0 Å². The van der Waals surface area contributed by atoms with Gasteiger partial charge in [0.05, 0.1) is 16.3 Å². The highest BCUT2D eigenvalue weighted by molar-refractivity contribution is 5.67. The summed E-state index contributed by atoms with van der Waals surface area (Å²) in [7, 11) is 0. The van der Waals surface area contributed by atoms with Crippen molar-refractivity contribution in [2.75, 3.05) is 17.2 Å². The molecule has 2 aromatic carbocycles. The zero-order valence-electron chi connectivity index (χ0n) is 12.9. The Kier molecular flexibility index (Phi) is 8.18. The summed E-state index contributed by atoms with van der Waals surface area (Å²) in [6, 6.07) is 10.6. The number of hydrogen-bond acceptors (Lipinski definition) is 5. The molecule has 0 aliphatic rings. The molecular weight excluding hydrogens is 292 g/mol. The van der Waals surface area contributed by atoms with E-state index in [1.54, 1.807) is 12.1 Å². The Morgan fingerprint density at radius 1 is 0.913 bits per heavy atom. The third kappa shape index (κ3) is 5.18. The molecule has 0 saturated heterocycles. The van der Waals surface area contributed by atoms with E-state index in [1.165, 1.54) is 6.07 Å². The fourth-order valence-electron chi connectivity index (χ4n) is 2.01. The molecule has 0 aliphatic carbocycles. The molecule has 0 radical (unpaired) electrons. The molecule has 0 atom stereocenters. The van der Waals surface area contributed by atoms with E-state index in [0.717, 1.165) is 23.2 Å². The number of nitrogens with zero attached hydrogens (tertiary/aromatic N) is 1. The van der Waals surface area contributed by atoms with Gasteiger partial charge in [0.1, 0.15) is 5.69 Å². The van der Waals surface area contributed by atoms with Crippen LogP contribution in [-0.4, -0.2) is 4.92 Å². The molecule has 2 rings (SSSR count). The van der Waals surface area contributed by atoms with Crippen molar-refractivity contribution in [2.24, 2.45) is 0 Å². The second kappa shape index (κ2) is 9.30. The molecule has 0 unspecified atom stereocenters. The SMILES string of the molecule is C.CCc1cccc(N)c1N.CCc1cccc([N+](=O)[O-])c1N. The number of benzene rings is 2. The number of aryl methyl sites for hydroxylation is 2. The van der Waals surface area contributed by atoms with Gasteiger partial charge in [-0.1, -0.05) is 45.5 Å². The molecule has 6 N–H and O–H groups in total. The maximum Gasteiger partial charge on any atom is 0.292 e. The zero-order valence-corrected chi connectivity index (χ0v) is 12.9. The smallest absolute Gasteiger partial charge is 0.292 e. The molecule has 0 aliphatic heterocycles. The first-order valence-corrected chi connectivity index (χ1v) is 7.06. The monoisotopic (exact) mass is 318 g/mol. The van der Waals surface area contributed by atoms with Crippen LogP contribution in [0.2, 0.25) is 0 Å². The third-order valence-corrected chi connectivity index (χ3v) is 3.36. The van der Waals surface area contributed by atoms with E-state index >= 15 is 0 Å². The molecule has 0 fully saturated rings. The lowest BCUT2D eigenvalue weighted by molar-refractivity contribution is -0.383. The normalized spacial score (nSPS) is 9.30. The van der Waals surface area contributed by atoms with Crippen molar-refractivity contribution >= 4 is 22.7 Å². The summed E-state index contributed by atoms with van der Waals surface area (Å²) in [5, 5.41) is 10.4. The topological polar surface area (TPSA) is 121 Å². The van der Waals surface area contributed by atoms with Crippen LogP contribution < -0.4 is 17.2 Å². The van der Waals surface area contributed by atoms with Crippen LogP contribution in [0.25, 0.3) is 0 Å². The highest BCUT2D eigenvalue weighted by Crippen LogP contribution is 2.24. The van der Waals surface area contributed by atoms with E-state index in [0.29, 0.717) is 12.1 Å². The third-order valence-electron chi connectivity index (χ3n) is 3.36. The number of nitro benzene ring substituents is 1. The largest absolute Gasteiger partial charge is 0.397 e. The zero-order chi connectivity index (χ0) is 16.7. The Hall–Kier alpha value is -2.76. The summed E-state index contributed by atoms with van der Waals surface area (Å²) in [5.74, 6) is 0. The summed E-state index contributed by atoms with van der Waals surface area (Å²) < 4.78 is 0. The van der Waals surface area contributed by atoms with Crippen LogP contribution in [0.15, 0.2) is 36.4 Å². The van der Waals surface area contributed by atoms with Crippen molar-refractivity contribution < 1.29 is 4.92 Å². The van der Waals surface area contributed by atoms with Gasteiger partial charge in [0.25, 0.3) is 5.69 Å². The maximum atomic E-state index is 10.4. The molecule has 0 aromatic heterocycles. The predicted molar refractivity (Wildman–Crippen MR) is 98.3 cm³/mol. The Labute approximate surface area is 137 Å². The number of nitrogen functional groups attached to an aromatic ring is 3. The van der Waals surface area contributed by atoms with Crippen LogP contribution in [0.1, 0.15) is 32.4 Å². The Balaban J connectivity index is 0.000000409. The van der Waals surface area contributed by atoms with Crippen LogP contribution in [0.5, 0.6) is 0 Å². The van der Waals surface area contributed by atoms with Gasteiger partial charge in [0, 0.05) is 6.07 Å². The van der Waals surface area contributed by atoms with Crippen molar-refractivity contribution in [3.63, 3.8) is 0 Å². The van der Waals surface area contributed by atoms with Gasteiger partial charge in [-0.3, -0.25) is 10.1 Å². The lowest BCUT2D eigenvalue weighted by Gasteiger charge is -2.03. The number of anilines is 3. The summed E-state index contributed by atoms with van der Waals surface area (Å²) in [5.41, 5.74) is 20.4. The Bertz CT molecular complexity index is 657. The number of nitrogens with two attached hydrogens (primary N) is 3. The number of nitro groups is 1. The van der Waals surface area contributed by atoms with Gasteiger partial charge in [-0.25, -0.2) is 0 Å². The molecule has 6 nitrogen and oxygen atoms in total. The van der Waals surface area contributed by atoms with Gasteiger partial charge in [-0.2, -0.15) is 0 Å². The standard InChI is InChI=1S/C8H10N2O2.C8H12N2.CH4/c1-2-6-4-3-5-7(8(6)9)10(11)12;1-2-6-4-3-5-7(9)8(6)10;/h3-5H,2,9H2,1H3;3-5H,2,9-10H2,1H3;1H4. The molecule has 2 aromatic rings. The minimum absolute atomic E-state index is 0. The summed E-state index contributed by atoms with van der Waals surface area (Å²) in [6.07, 6.45) is 1.66. The first-order chi connectivity index (χ1) is 10.4. The van der Waals surface area contributed by atoms with Gasteiger partial charge in [0.15, 0.2) is 0 Å². The van der Waals surface area contributed by atoms with E-state index in [4.69, 9.17) is 17.2 Å². The predicted octanol–water partition coefficient (Wildman–Crippen LogP) is 3.79. The molecule has 0 saturated carbocycles. The highest BCUT2D eigenvalue weighted by Gasteiger charge is 2.12. The van der Waals surface area contributed by atoms with Crippen LogP contribution in [-0.2, 0) is 12.8 Å². The van der Waals surface area contributed by atoms with Gasteiger partial charge >= 0.3 is 0 Å². The second-order valence-electron chi connectivity index (χ2n) is 4.73. The number of rotatable bonds is 3. The average molecular weight is 318 g/mol. The van der Waals surface area contributed by atoms with E-state index in [2.05, 4.69) is 6.92 Å². The van der Waals surface area contributed by atoms with E-state index < -0.39 is 4.92 Å². The fourth-order valence-corrected chi connectivity index (χ4v) is 2.01. The Morgan fingerprint density at radius 3 is 1.83 bits per heavy atom. The molecular formula is C17H26N4O2. The fraction of sp³-hybridized carbons (Fsp3) is 0.294. The first-order valence-electron chi connectivity index (χ1n) is 7.06. The lowest BCUT2D eigenvalue weighted by atomic mass is 10.1. The summed E-state index contributed by atoms with van der Waals surface area (Å²) >= 11 is 0. The van der Waals surface area contributed by atoms with Gasteiger partial charge in [-0.15, -0.1) is 0 Å². The van der Waals surface area contributed by atoms with Gasteiger partial charge < -0.3 is 17.2 Å². The maximum absolute atomic E-state index is 10.4. The van der Waals surface area contributed by atoms with Crippen LogP contribution >= 0.6 is 0 Å². The van der Waals surface area contributed by atoms with Crippen molar-refractivity contribution in [3.05, 3.63) is 57.6 Å². The minimum Gasteiger partial charge on any atom is -0.397 e. The average Bonchev–Trinajstić information content (AvgIpc) is 2.50. The Morgan fingerprint density at radius 2 is 1.39 bits per heavy atom. The molecule has 23 heavy (non-hydrogen) atoms. The van der Waals surface area contributed by atoms with Gasteiger partial charge in [-0.05, 0) is 30.0 Å².